The van der Waals surface area contributed by atoms with E-state index in [1.807, 2.05) is 13.8 Å². The fourth-order valence-corrected chi connectivity index (χ4v) is 3.23. The predicted molar refractivity (Wildman–Crippen MR) is 107 cm³/mol. The number of nitrogens with zero attached hydrogens (tertiary/aromatic N) is 1. The molecule has 0 aliphatic carbocycles. The lowest BCUT2D eigenvalue weighted by atomic mass is 10.1. The number of fused-ring (bicyclic) bond motifs is 1. The maximum atomic E-state index is 12.6. The molecule has 2 aromatic rings. The van der Waals surface area contributed by atoms with E-state index in [0.29, 0.717) is 11.1 Å². The number of esters is 1. The van der Waals surface area contributed by atoms with E-state index >= 15 is 0 Å². The van der Waals surface area contributed by atoms with Gasteiger partial charge in [-0.3, -0.25) is 14.4 Å². The zero-order valence-electron chi connectivity index (χ0n) is 16.3. The molecule has 3 amide bonds. The third kappa shape index (κ3) is 4.34. The van der Waals surface area contributed by atoms with Crippen LogP contribution in [-0.4, -0.2) is 36.3 Å². The van der Waals surface area contributed by atoms with Gasteiger partial charge in [0.15, 0.2) is 6.61 Å². The summed E-state index contributed by atoms with van der Waals surface area (Å²) in [5.74, 6) is -1.97. The van der Waals surface area contributed by atoms with Crippen molar-refractivity contribution in [2.75, 3.05) is 11.5 Å². The van der Waals surface area contributed by atoms with Crippen LogP contribution >= 0.6 is 0 Å². The Morgan fingerprint density at radius 1 is 1.03 bits per heavy atom. The molecule has 0 saturated carbocycles. The Bertz CT molecular complexity index is 934. The summed E-state index contributed by atoms with van der Waals surface area (Å²) in [7, 11) is 0. The topological polar surface area (TPSA) is 92.8 Å². The van der Waals surface area contributed by atoms with Gasteiger partial charge in [-0.25, -0.2) is 9.69 Å². The summed E-state index contributed by atoms with van der Waals surface area (Å²) in [4.78, 5) is 50.4. The molecule has 0 saturated heterocycles. The molecule has 29 heavy (non-hydrogen) atoms. The zero-order chi connectivity index (χ0) is 21.0. The molecule has 0 spiro atoms. The maximum Gasteiger partial charge on any atom is 0.338 e. The van der Waals surface area contributed by atoms with Gasteiger partial charge in [0, 0.05) is 6.04 Å². The summed E-state index contributed by atoms with van der Waals surface area (Å²) in [6, 6.07) is 12.6. The average molecular weight is 394 g/mol. The van der Waals surface area contributed by atoms with Gasteiger partial charge >= 0.3 is 5.97 Å². The minimum atomic E-state index is -0.707. The van der Waals surface area contributed by atoms with Gasteiger partial charge in [-0.2, -0.15) is 0 Å². The number of ether oxygens (including phenoxy) is 1. The number of imide groups is 1. The number of hydrogen-bond acceptors (Lipinski definition) is 5. The first-order valence-electron chi connectivity index (χ1n) is 9.46. The zero-order valence-corrected chi connectivity index (χ0v) is 16.3. The second-order valence-corrected chi connectivity index (χ2v) is 6.87. The molecule has 3 rings (SSSR count). The van der Waals surface area contributed by atoms with Crippen molar-refractivity contribution in [3.05, 3.63) is 65.2 Å². The minimum Gasteiger partial charge on any atom is -0.452 e. The standard InChI is InChI=1S/C22H22N2O5/c1-3-7-14(2)23-19(25)13-29-22(28)15-8-6-9-16(12-15)24-20(26)17-10-4-5-11-18(17)21(24)27/h4-6,8-12,14H,3,7,13H2,1-2H3,(H,23,25)/t14-/m0/s1. The molecule has 0 unspecified atom stereocenters. The fourth-order valence-electron chi connectivity index (χ4n) is 3.23. The van der Waals surface area contributed by atoms with Crippen molar-refractivity contribution >= 4 is 29.4 Å². The highest BCUT2D eigenvalue weighted by Crippen LogP contribution is 2.28. The van der Waals surface area contributed by atoms with E-state index in [2.05, 4.69) is 5.32 Å². The van der Waals surface area contributed by atoms with Gasteiger partial charge in [0.1, 0.15) is 0 Å². The molecule has 0 radical (unpaired) electrons. The van der Waals surface area contributed by atoms with Crippen LogP contribution in [0, 0.1) is 0 Å². The monoisotopic (exact) mass is 394 g/mol. The van der Waals surface area contributed by atoms with Crippen molar-refractivity contribution in [1.29, 1.82) is 0 Å². The van der Waals surface area contributed by atoms with Gasteiger partial charge in [-0.1, -0.05) is 31.5 Å². The number of carbonyl (C=O) groups is 4. The summed E-state index contributed by atoms with van der Waals surface area (Å²) in [5.41, 5.74) is 1.06. The first-order valence-corrected chi connectivity index (χ1v) is 9.46. The summed E-state index contributed by atoms with van der Waals surface area (Å²) in [6.07, 6.45) is 1.77. The molecule has 0 fully saturated rings. The van der Waals surface area contributed by atoms with Gasteiger partial charge in [0.25, 0.3) is 17.7 Å². The molecule has 0 aromatic heterocycles. The fraction of sp³-hybridized carbons (Fsp3) is 0.273. The number of anilines is 1. The molecule has 1 aliphatic heterocycles. The number of rotatable bonds is 7. The Labute approximate surface area is 168 Å². The van der Waals surface area contributed by atoms with E-state index in [-0.39, 0.29) is 23.2 Å². The Morgan fingerprint density at radius 2 is 1.69 bits per heavy atom. The number of amides is 3. The normalized spacial score (nSPS) is 13.8. The van der Waals surface area contributed by atoms with Crippen LogP contribution in [0.25, 0.3) is 0 Å². The van der Waals surface area contributed by atoms with Gasteiger partial charge < -0.3 is 10.1 Å². The number of nitrogens with one attached hydrogen (secondary N) is 1. The molecular weight excluding hydrogens is 372 g/mol. The van der Waals surface area contributed by atoms with Gasteiger partial charge in [-0.15, -0.1) is 0 Å². The molecule has 1 N–H and O–H groups in total. The van der Waals surface area contributed by atoms with E-state index in [1.165, 1.54) is 12.1 Å². The lowest BCUT2D eigenvalue weighted by molar-refractivity contribution is -0.124. The van der Waals surface area contributed by atoms with Gasteiger partial charge in [0.05, 0.1) is 22.4 Å². The molecule has 1 heterocycles. The van der Waals surface area contributed by atoms with Crippen LogP contribution in [0.3, 0.4) is 0 Å². The summed E-state index contributed by atoms with van der Waals surface area (Å²) >= 11 is 0. The van der Waals surface area contributed by atoms with E-state index in [1.54, 1.807) is 36.4 Å². The highest BCUT2D eigenvalue weighted by molar-refractivity contribution is 6.34. The third-order valence-electron chi connectivity index (χ3n) is 4.60. The van der Waals surface area contributed by atoms with Crippen LogP contribution in [0.4, 0.5) is 5.69 Å². The molecule has 150 valence electrons. The van der Waals surface area contributed by atoms with Crippen LogP contribution in [0.5, 0.6) is 0 Å². The Hall–Kier alpha value is -3.48. The number of carbonyl (C=O) groups excluding carboxylic acids is 4. The molecule has 1 atom stereocenters. The highest BCUT2D eigenvalue weighted by atomic mass is 16.5. The first-order chi connectivity index (χ1) is 13.9. The van der Waals surface area contributed by atoms with E-state index in [9.17, 15) is 19.2 Å². The molecule has 1 aliphatic rings. The lowest BCUT2D eigenvalue weighted by Gasteiger charge is -2.15. The van der Waals surface area contributed by atoms with Crippen molar-refractivity contribution in [3.8, 4) is 0 Å². The maximum absolute atomic E-state index is 12.6. The van der Waals surface area contributed by atoms with E-state index in [4.69, 9.17) is 4.74 Å². The Balaban J connectivity index is 1.69. The van der Waals surface area contributed by atoms with Gasteiger partial charge in [0.2, 0.25) is 0 Å². The summed E-state index contributed by atoms with van der Waals surface area (Å²) < 4.78 is 5.06. The van der Waals surface area contributed by atoms with Crippen molar-refractivity contribution in [3.63, 3.8) is 0 Å². The highest BCUT2D eigenvalue weighted by Gasteiger charge is 2.36. The number of benzene rings is 2. The lowest BCUT2D eigenvalue weighted by Crippen LogP contribution is -2.35. The predicted octanol–water partition coefficient (Wildman–Crippen LogP) is 2.95. The molecule has 0 bridgehead atoms. The Morgan fingerprint density at radius 3 is 2.31 bits per heavy atom. The largest absolute Gasteiger partial charge is 0.452 e. The van der Waals surface area contributed by atoms with Crippen LogP contribution in [0.15, 0.2) is 48.5 Å². The molecule has 2 aromatic carbocycles. The van der Waals surface area contributed by atoms with Crippen molar-refractivity contribution in [2.45, 2.75) is 32.7 Å². The smallest absolute Gasteiger partial charge is 0.338 e. The van der Waals surface area contributed by atoms with Crippen LogP contribution < -0.4 is 10.2 Å². The second-order valence-electron chi connectivity index (χ2n) is 6.87. The Kier molecular flexibility index (Phi) is 6.07. The third-order valence-corrected chi connectivity index (χ3v) is 4.60. The van der Waals surface area contributed by atoms with Crippen molar-refractivity contribution in [1.82, 2.24) is 5.32 Å². The van der Waals surface area contributed by atoms with Crippen LogP contribution in [-0.2, 0) is 9.53 Å². The first kappa shape index (κ1) is 20.3. The summed E-state index contributed by atoms with van der Waals surface area (Å²) in [5, 5.41) is 2.75. The van der Waals surface area contributed by atoms with E-state index in [0.717, 1.165) is 17.7 Å². The van der Waals surface area contributed by atoms with Crippen LogP contribution in [0.1, 0.15) is 57.8 Å². The average Bonchev–Trinajstić information content (AvgIpc) is 2.97. The molecule has 7 nitrogen and oxygen atoms in total. The SMILES string of the molecule is CCC[C@H](C)NC(=O)COC(=O)c1cccc(N2C(=O)c3ccccc3C2=O)c1. The quantitative estimate of drug-likeness (QED) is 0.576. The number of hydrogen-bond donors (Lipinski definition) is 1. The second kappa shape index (κ2) is 8.68. The summed E-state index contributed by atoms with van der Waals surface area (Å²) in [6.45, 7) is 3.50. The van der Waals surface area contributed by atoms with Gasteiger partial charge in [-0.05, 0) is 43.7 Å². The van der Waals surface area contributed by atoms with Crippen molar-refractivity contribution in [2.24, 2.45) is 0 Å². The van der Waals surface area contributed by atoms with E-state index < -0.39 is 24.4 Å². The van der Waals surface area contributed by atoms with Crippen molar-refractivity contribution < 1.29 is 23.9 Å². The minimum absolute atomic E-state index is 0.00311. The molecular formula is C22H22N2O5. The van der Waals surface area contributed by atoms with Crippen LogP contribution in [0.2, 0.25) is 0 Å². The molecule has 7 heteroatoms.